The molecule has 19 heavy (non-hydrogen) atoms. The molecule has 1 fully saturated rings. The number of amides is 1. The number of nitrogens with two attached hydrogens (primary N) is 1. The summed E-state index contributed by atoms with van der Waals surface area (Å²) in [5.74, 6) is 0.197. The maximum absolute atomic E-state index is 12.0. The first-order chi connectivity index (χ1) is 9.15. The van der Waals surface area contributed by atoms with Crippen molar-refractivity contribution in [3.63, 3.8) is 0 Å². The fraction of sp³-hybridized carbons (Fsp3) is 0.667. The van der Waals surface area contributed by atoms with E-state index in [1.54, 1.807) is 13.2 Å². The first-order valence-electron chi connectivity index (χ1n) is 6.28. The van der Waals surface area contributed by atoms with Gasteiger partial charge in [0, 0.05) is 25.8 Å². The average molecular weight is 269 g/mol. The molecule has 1 saturated carbocycles. The quantitative estimate of drug-likeness (QED) is 0.757. The van der Waals surface area contributed by atoms with Gasteiger partial charge in [0.15, 0.2) is 11.5 Å². The van der Waals surface area contributed by atoms with Crippen molar-refractivity contribution in [3.05, 3.63) is 17.5 Å². The van der Waals surface area contributed by atoms with Crippen LogP contribution in [0.1, 0.15) is 29.6 Å². The van der Waals surface area contributed by atoms with E-state index in [1.807, 2.05) is 6.92 Å². The Hall–Kier alpha value is -1.44. The molecule has 1 amide bonds. The second kappa shape index (κ2) is 6.14. The minimum absolute atomic E-state index is 0.0192. The average Bonchev–Trinajstić information content (AvgIpc) is 2.85. The van der Waals surface area contributed by atoms with Crippen LogP contribution in [0.15, 0.2) is 10.6 Å². The molecular formula is C12H19N3O4. The lowest BCUT2D eigenvalue weighted by molar-refractivity contribution is -0.0301. The van der Waals surface area contributed by atoms with E-state index in [0.29, 0.717) is 12.4 Å². The zero-order valence-corrected chi connectivity index (χ0v) is 11.1. The molecule has 0 saturated heterocycles. The van der Waals surface area contributed by atoms with Crippen LogP contribution < -0.4 is 11.1 Å². The Kier molecular flexibility index (Phi) is 4.52. The third-order valence-corrected chi connectivity index (χ3v) is 3.12. The number of carbonyl (C=O) groups excluding carboxylic acids is 1. The largest absolute Gasteiger partial charge is 0.377 e. The van der Waals surface area contributed by atoms with Gasteiger partial charge in [-0.3, -0.25) is 4.79 Å². The highest BCUT2D eigenvalue weighted by Crippen LogP contribution is 2.22. The zero-order chi connectivity index (χ0) is 13.8. The molecule has 1 aliphatic carbocycles. The molecular weight excluding hydrogens is 250 g/mol. The fourth-order valence-electron chi connectivity index (χ4n) is 2.08. The van der Waals surface area contributed by atoms with E-state index < -0.39 is 0 Å². The van der Waals surface area contributed by atoms with Gasteiger partial charge in [-0.1, -0.05) is 5.16 Å². The molecule has 2 rings (SSSR count). The Morgan fingerprint density at radius 1 is 1.68 bits per heavy atom. The summed E-state index contributed by atoms with van der Waals surface area (Å²) in [5, 5.41) is 6.51. The number of hydrogen-bond donors (Lipinski definition) is 2. The van der Waals surface area contributed by atoms with Crippen LogP contribution in [0, 0.1) is 0 Å². The van der Waals surface area contributed by atoms with Crippen LogP contribution in [-0.2, 0) is 16.1 Å². The minimum atomic E-state index is -0.309. The number of aromatic nitrogens is 1. The Morgan fingerprint density at radius 3 is 3.11 bits per heavy atom. The van der Waals surface area contributed by atoms with Gasteiger partial charge in [0.1, 0.15) is 6.61 Å². The van der Waals surface area contributed by atoms with Crippen molar-refractivity contribution < 1.29 is 18.8 Å². The SMILES string of the molecule is CCOC1CC(N)C1NC(=O)c1cc(COC)on1. The summed E-state index contributed by atoms with van der Waals surface area (Å²) in [6.45, 7) is 2.80. The third kappa shape index (κ3) is 3.12. The van der Waals surface area contributed by atoms with Crippen molar-refractivity contribution in [2.75, 3.05) is 13.7 Å². The standard InChI is InChI=1S/C12H19N3O4/c1-3-18-10-5-8(13)11(10)14-12(16)9-4-7(6-17-2)19-15-9/h4,8,10-11H,3,5-6,13H2,1-2H3,(H,14,16). The molecule has 0 spiro atoms. The maximum Gasteiger partial charge on any atom is 0.273 e. The van der Waals surface area contributed by atoms with Gasteiger partial charge in [0.25, 0.3) is 5.91 Å². The highest BCUT2D eigenvalue weighted by atomic mass is 16.5. The van der Waals surface area contributed by atoms with E-state index >= 15 is 0 Å². The lowest BCUT2D eigenvalue weighted by Gasteiger charge is -2.42. The van der Waals surface area contributed by atoms with Gasteiger partial charge in [-0.2, -0.15) is 0 Å². The number of rotatable bonds is 6. The number of ether oxygens (including phenoxy) is 2. The maximum atomic E-state index is 12.0. The number of hydrogen-bond acceptors (Lipinski definition) is 6. The summed E-state index contributed by atoms with van der Waals surface area (Å²) in [5.41, 5.74) is 6.09. The predicted octanol–water partition coefficient (Wildman–Crippen LogP) is 0.0555. The van der Waals surface area contributed by atoms with Gasteiger partial charge in [-0.15, -0.1) is 0 Å². The number of methoxy groups -OCH3 is 1. The van der Waals surface area contributed by atoms with Gasteiger partial charge < -0.3 is 25.0 Å². The van der Waals surface area contributed by atoms with Crippen molar-refractivity contribution in [2.24, 2.45) is 5.73 Å². The van der Waals surface area contributed by atoms with Crippen LogP contribution in [-0.4, -0.2) is 43.0 Å². The van der Waals surface area contributed by atoms with E-state index in [-0.39, 0.29) is 36.4 Å². The van der Waals surface area contributed by atoms with E-state index in [0.717, 1.165) is 6.42 Å². The lowest BCUT2D eigenvalue weighted by Crippen LogP contribution is -2.64. The summed E-state index contributed by atoms with van der Waals surface area (Å²) in [4.78, 5) is 12.0. The van der Waals surface area contributed by atoms with Crippen molar-refractivity contribution >= 4 is 5.91 Å². The Bertz CT molecular complexity index is 432. The van der Waals surface area contributed by atoms with Crippen LogP contribution in [0.2, 0.25) is 0 Å². The van der Waals surface area contributed by atoms with E-state index in [9.17, 15) is 4.79 Å². The third-order valence-electron chi connectivity index (χ3n) is 3.12. The van der Waals surface area contributed by atoms with E-state index in [4.69, 9.17) is 19.7 Å². The van der Waals surface area contributed by atoms with Crippen LogP contribution in [0.25, 0.3) is 0 Å². The molecule has 0 radical (unpaired) electrons. The molecule has 7 nitrogen and oxygen atoms in total. The number of nitrogens with zero attached hydrogens (tertiary/aromatic N) is 1. The fourth-order valence-corrected chi connectivity index (χ4v) is 2.08. The summed E-state index contributed by atoms with van der Waals surface area (Å²) in [6.07, 6.45) is 0.737. The summed E-state index contributed by atoms with van der Waals surface area (Å²) in [7, 11) is 1.54. The first-order valence-corrected chi connectivity index (χ1v) is 6.28. The molecule has 1 aliphatic rings. The van der Waals surface area contributed by atoms with Gasteiger partial charge in [-0.05, 0) is 13.3 Å². The molecule has 3 N–H and O–H groups in total. The monoisotopic (exact) mass is 269 g/mol. The Morgan fingerprint density at radius 2 is 2.47 bits per heavy atom. The van der Waals surface area contributed by atoms with Gasteiger partial charge in [0.2, 0.25) is 0 Å². The second-order valence-corrected chi connectivity index (χ2v) is 4.50. The van der Waals surface area contributed by atoms with Gasteiger partial charge >= 0.3 is 0 Å². The highest BCUT2D eigenvalue weighted by molar-refractivity contribution is 5.92. The molecule has 3 unspecified atom stereocenters. The summed E-state index contributed by atoms with van der Waals surface area (Å²) < 4.78 is 15.3. The van der Waals surface area contributed by atoms with Gasteiger partial charge in [-0.25, -0.2) is 0 Å². The minimum Gasteiger partial charge on any atom is -0.377 e. The highest BCUT2D eigenvalue weighted by Gasteiger charge is 2.40. The van der Waals surface area contributed by atoms with Crippen molar-refractivity contribution in [2.45, 2.75) is 38.1 Å². The summed E-state index contributed by atoms with van der Waals surface area (Å²) in [6, 6.07) is 1.31. The topological polar surface area (TPSA) is 99.6 Å². The molecule has 106 valence electrons. The van der Waals surface area contributed by atoms with Crippen molar-refractivity contribution in [1.29, 1.82) is 0 Å². The number of carbonyl (C=O) groups is 1. The first kappa shape index (κ1) is 14.0. The smallest absolute Gasteiger partial charge is 0.273 e. The van der Waals surface area contributed by atoms with Gasteiger partial charge in [0.05, 0.1) is 12.1 Å². The molecule has 0 aliphatic heterocycles. The molecule has 0 bridgehead atoms. The Balaban J connectivity index is 1.92. The van der Waals surface area contributed by atoms with E-state index in [1.165, 1.54) is 0 Å². The zero-order valence-electron chi connectivity index (χ0n) is 11.1. The molecule has 7 heteroatoms. The van der Waals surface area contributed by atoms with Crippen LogP contribution >= 0.6 is 0 Å². The van der Waals surface area contributed by atoms with E-state index in [2.05, 4.69) is 10.5 Å². The molecule has 0 aromatic carbocycles. The predicted molar refractivity (Wildman–Crippen MR) is 66.5 cm³/mol. The molecule has 1 heterocycles. The van der Waals surface area contributed by atoms with Crippen LogP contribution in [0.3, 0.4) is 0 Å². The van der Waals surface area contributed by atoms with Crippen LogP contribution in [0.4, 0.5) is 0 Å². The normalized spacial score (nSPS) is 25.9. The number of nitrogens with one attached hydrogen (secondary N) is 1. The summed E-state index contributed by atoms with van der Waals surface area (Å²) >= 11 is 0. The van der Waals surface area contributed by atoms with Crippen molar-refractivity contribution in [1.82, 2.24) is 10.5 Å². The molecule has 1 aromatic heterocycles. The lowest BCUT2D eigenvalue weighted by atomic mass is 9.83. The molecule has 1 aromatic rings. The van der Waals surface area contributed by atoms with Crippen molar-refractivity contribution in [3.8, 4) is 0 Å². The van der Waals surface area contributed by atoms with Crippen LogP contribution in [0.5, 0.6) is 0 Å². The molecule has 3 atom stereocenters. The Labute approximate surface area is 111 Å². The second-order valence-electron chi connectivity index (χ2n) is 4.50.